The van der Waals surface area contributed by atoms with E-state index < -0.39 is 11.0 Å². The molecule has 0 fully saturated rings. The lowest BCUT2D eigenvalue weighted by molar-refractivity contribution is -0.142. The standard InChI is InChI=1S/C15H23NO3/c1-14(2,16)15(3,10-13(17)19-5)11-8-6-7-9-12(11)18-4/h6-9H,10,16H2,1-5H3. The van der Waals surface area contributed by atoms with Gasteiger partial charge in [-0.25, -0.2) is 0 Å². The molecule has 0 saturated carbocycles. The largest absolute Gasteiger partial charge is 0.496 e. The number of methoxy groups -OCH3 is 2. The highest BCUT2D eigenvalue weighted by Crippen LogP contribution is 2.41. The maximum Gasteiger partial charge on any atom is 0.306 e. The van der Waals surface area contributed by atoms with E-state index in [4.69, 9.17) is 15.2 Å². The fourth-order valence-electron chi connectivity index (χ4n) is 2.13. The van der Waals surface area contributed by atoms with Crippen LogP contribution in [0.3, 0.4) is 0 Å². The van der Waals surface area contributed by atoms with E-state index in [0.717, 1.165) is 11.3 Å². The number of para-hydroxylation sites is 1. The summed E-state index contributed by atoms with van der Waals surface area (Å²) in [6.07, 6.45) is 0.202. The molecule has 1 aromatic carbocycles. The van der Waals surface area contributed by atoms with Crippen LogP contribution in [0.25, 0.3) is 0 Å². The Hall–Kier alpha value is -1.55. The Bertz CT molecular complexity index is 451. The summed E-state index contributed by atoms with van der Waals surface area (Å²) >= 11 is 0. The molecule has 0 heterocycles. The first kappa shape index (κ1) is 15.5. The number of hydrogen-bond acceptors (Lipinski definition) is 4. The molecule has 4 nitrogen and oxygen atoms in total. The maximum absolute atomic E-state index is 11.7. The van der Waals surface area contributed by atoms with Crippen LogP contribution in [0.1, 0.15) is 32.8 Å². The van der Waals surface area contributed by atoms with E-state index in [-0.39, 0.29) is 12.4 Å². The molecule has 0 saturated heterocycles. The number of ether oxygens (including phenoxy) is 2. The third-order valence-electron chi connectivity index (χ3n) is 3.85. The van der Waals surface area contributed by atoms with Crippen LogP contribution < -0.4 is 10.5 Å². The van der Waals surface area contributed by atoms with Crippen molar-refractivity contribution in [3.63, 3.8) is 0 Å². The van der Waals surface area contributed by atoms with Gasteiger partial charge in [0.15, 0.2) is 0 Å². The number of rotatable bonds is 5. The normalized spacial score (nSPS) is 14.6. The average molecular weight is 265 g/mol. The second kappa shape index (κ2) is 5.61. The Balaban J connectivity index is 3.35. The highest BCUT2D eigenvalue weighted by molar-refractivity contribution is 5.72. The number of nitrogens with two attached hydrogens (primary N) is 1. The smallest absolute Gasteiger partial charge is 0.306 e. The van der Waals surface area contributed by atoms with Crippen molar-refractivity contribution in [1.82, 2.24) is 0 Å². The molecule has 106 valence electrons. The topological polar surface area (TPSA) is 61.5 Å². The number of carbonyl (C=O) groups excluding carboxylic acids is 1. The molecule has 1 aromatic rings. The molecule has 0 aromatic heterocycles. The van der Waals surface area contributed by atoms with Gasteiger partial charge in [-0.15, -0.1) is 0 Å². The van der Waals surface area contributed by atoms with Gasteiger partial charge in [0.25, 0.3) is 0 Å². The van der Waals surface area contributed by atoms with Crippen LogP contribution in [0.4, 0.5) is 0 Å². The Labute approximate surface area is 114 Å². The summed E-state index contributed by atoms with van der Waals surface area (Å²) < 4.78 is 10.2. The summed E-state index contributed by atoms with van der Waals surface area (Å²) in [5.41, 5.74) is 6.04. The van der Waals surface area contributed by atoms with Crippen molar-refractivity contribution in [2.45, 2.75) is 38.1 Å². The predicted molar refractivity (Wildman–Crippen MR) is 75.2 cm³/mol. The molecule has 19 heavy (non-hydrogen) atoms. The molecule has 0 bridgehead atoms. The fourth-order valence-corrected chi connectivity index (χ4v) is 2.13. The van der Waals surface area contributed by atoms with Crippen LogP contribution in [-0.4, -0.2) is 25.7 Å². The molecule has 1 unspecified atom stereocenters. The van der Waals surface area contributed by atoms with Gasteiger partial charge >= 0.3 is 5.97 Å². The molecule has 4 heteroatoms. The summed E-state index contributed by atoms with van der Waals surface area (Å²) in [7, 11) is 3.00. The molecule has 0 aliphatic heterocycles. The molecule has 1 atom stereocenters. The van der Waals surface area contributed by atoms with Gasteiger partial charge in [-0.2, -0.15) is 0 Å². The first-order chi connectivity index (χ1) is 8.76. The van der Waals surface area contributed by atoms with Crippen LogP contribution >= 0.6 is 0 Å². The van der Waals surface area contributed by atoms with Crippen LogP contribution in [0, 0.1) is 0 Å². The van der Waals surface area contributed by atoms with E-state index >= 15 is 0 Å². The van der Waals surface area contributed by atoms with Crippen LogP contribution in [-0.2, 0) is 14.9 Å². The minimum atomic E-state index is -0.601. The number of benzene rings is 1. The highest BCUT2D eigenvalue weighted by Gasteiger charge is 2.43. The Morgan fingerprint density at radius 1 is 1.21 bits per heavy atom. The van der Waals surface area contributed by atoms with E-state index in [1.165, 1.54) is 7.11 Å². The van der Waals surface area contributed by atoms with E-state index in [9.17, 15) is 4.79 Å². The van der Waals surface area contributed by atoms with Crippen LogP contribution in [0.2, 0.25) is 0 Å². The molecule has 1 rings (SSSR count). The molecule has 0 aliphatic carbocycles. The maximum atomic E-state index is 11.7. The van der Waals surface area contributed by atoms with Gasteiger partial charge in [0, 0.05) is 16.5 Å². The van der Waals surface area contributed by atoms with E-state index in [0.29, 0.717) is 0 Å². The lowest BCUT2D eigenvalue weighted by atomic mass is 9.66. The molecule has 0 radical (unpaired) electrons. The summed E-state index contributed by atoms with van der Waals surface area (Å²) in [5.74, 6) is 0.444. The van der Waals surface area contributed by atoms with Gasteiger partial charge in [-0.3, -0.25) is 4.79 Å². The summed E-state index contributed by atoms with van der Waals surface area (Å²) in [4.78, 5) is 11.7. The zero-order chi connectivity index (χ0) is 14.7. The van der Waals surface area contributed by atoms with Crippen molar-refractivity contribution < 1.29 is 14.3 Å². The molecule has 0 spiro atoms. The second-order valence-electron chi connectivity index (χ2n) is 5.51. The Morgan fingerprint density at radius 2 is 1.79 bits per heavy atom. The summed E-state index contributed by atoms with van der Waals surface area (Å²) in [6.45, 7) is 5.77. The van der Waals surface area contributed by atoms with Gasteiger partial charge in [0.2, 0.25) is 0 Å². The van der Waals surface area contributed by atoms with Crippen molar-refractivity contribution >= 4 is 5.97 Å². The van der Waals surface area contributed by atoms with Crippen molar-refractivity contribution in [3.8, 4) is 5.75 Å². The molecular weight excluding hydrogens is 242 g/mol. The number of carbonyl (C=O) groups is 1. The van der Waals surface area contributed by atoms with Crippen LogP contribution in [0.15, 0.2) is 24.3 Å². The van der Waals surface area contributed by atoms with Gasteiger partial charge in [-0.1, -0.05) is 25.1 Å². The van der Waals surface area contributed by atoms with Crippen molar-refractivity contribution in [3.05, 3.63) is 29.8 Å². The van der Waals surface area contributed by atoms with E-state index in [1.54, 1.807) is 7.11 Å². The quantitative estimate of drug-likeness (QED) is 0.829. The van der Waals surface area contributed by atoms with Gasteiger partial charge < -0.3 is 15.2 Å². The van der Waals surface area contributed by atoms with E-state index in [2.05, 4.69) is 0 Å². The average Bonchev–Trinajstić information content (AvgIpc) is 2.37. The van der Waals surface area contributed by atoms with Gasteiger partial charge in [0.1, 0.15) is 5.75 Å². The van der Waals surface area contributed by atoms with Crippen molar-refractivity contribution in [1.29, 1.82) is 0 Å². The first-order valence-corrected chi connectivity index (χ1v) is 6.25. The molecule has 0 amide bonds. The lowest BCUT2D eigenvalue weighted by Gasteiger charge is -2.42. The molecule has 2 N–H and O–H groups in total. The number of esters is 1. The van der Waals surface area contributed by atoms with Crippen molar-refractivity contribution in [2.24, 2.45) is 5.73 Å². The third kappa shape index (κ3) is 3.07. The van der Waals surface area contributed by atoms with E-state index in [1.807, 2.05) is 45.0 Å². The SMILES string of the molecule is COC(=O)CC(C)(c1ccccc1OC)C(C)(C)N. The highest BCUT2D eigenvalue weighted by atomic mass is 16.5. The zero-order valence-corrected chi connectivity index (χ0v) is 12.3. The Kier molecular flexibility index (Phi) is 4.58. The first-order valence-electron chi connectivity index (χ1n) is 6.25. The lowest BCUT2D eigenvalue weighted by Crippen LogP contribution is -2.53. The fraction of sp³-hybridized carbons (Fsp3) is 0.533. The van der Waals surface area contributed by atoms with Crippen LogP contribution in [0.5, 0.6) is 5.75 Å². The van der Waals surface area contributed by atoms with Gasteiger partial charge in [-0.05, 0) is 19.9 Å². The Morgan fingerprint density at radius 3 is 2.26 bits per heavy atom. The van der Waals surface area contributed by atoms with Gasteiger partial charge in [0.05, 0.1) is 20.6 Å². The molecule has 0 aliphatic rings. The minimum absolute atomic E-state index is 0.202. The molecular formula is C15H23NO3. The predicted octanol–water partition coefficient (Wildman–Crippen LogP) is 2.25. The third-order valence-corrected chi connectivity index (χ3v) is 3.85. The monoisotopic (exact) mass is 265 g/mol. The zero-order valence-electron chi connectivity index (χ0n) is 12.3. The summed E-state index contributed by atoms with van der Waals surface area (Å²) in [6, 6.07) is 7.62. The van der Waals surface area contributed by atoms with Crippen molar-refractivity contribution in [2.75, 3.05) is 14.2 Å². The second-order valence-corrected chi connectivity index (χ2v) is 5.51. The summed E-state index contributed by atoms with van der Waals surface area (Å²) in [5, 5.41) is 0. The number of hydrogen-bond donors (Lipinski definition) is 1. The minimum Gasteiger partial charge on any atom is -0.496 e.